The van der Waals surface area contributed by atoms with Crippen molar-refractivity contribution in [3.8, 4) is 5.75 Å². The minimum absolute atomic E-state index is 0.0800. The maximum atomic E-state index is 12.7. The van der Waals surface area contributed by atoms with Gasteiger partial charge in [-0.2, -0.15) is 8.42 Å². The van der Waals surface area contributed by atoms with E-state index in [2.05, 4.69) is 9.71 Å². The molecule has 0 radical (unpaired) electrons. The summed E-state index contributed by atoms with van der Waals surface area (Å²) in [6.07, 6.45) is 3.61. The molecule has 1 fully saturated rings. The minimum atomic E-state index is -3.82. The minimum Gasteiger partial charge on any atom is -0.497 e. The largest absolute Gasteiger partial charge is 0.497 e. The smallest absolute Gasteiger partial charge is 0.286 e. The number of amidine groups is 1. The second kappa shape index (κ2) is 7.27. The van der Waals surface area contributed by atoms with Crippen LogP contribution in [0.25, 0.3) is 0 Å². The summed E-state index contributed by atoms with van der Waals surface area (Å²) < 4.78 is 34.6. The number of benzene rings is 2. The van der Waals surface area contributed by atoms with Gasteiger partial charge in [-0.25, -0.2) is 0 Å². The Morgan fingerprint density at radius 3 is 2.82 bits per heavy atom. The second-order valence-electron chi connectivity index (χ2n) is 6.81. The van der Waals surface area contributed by atoms with Gasteiger partial charge in [0.1, 0.15) is 16.5 Å². The van der Waals surface area contributed by atoms with E-state index in [0.717, 1.165) is 25.8 Å². The molecule has 0 saturated carbocycles. The number of rotatable bonds is 3. The second-order valence-corrected chi connectivity index (χ2v) is 8.39. The van der Waals surface area contributed by atoms with Crippen LogP contribution in [0, 0.1) is 0 Å². The van der Waals surface area contributed by atoms with Gasteiger partial charge in [0.2, 0.25) is 0 Å². The summed E-state index contributed by atoms with van der Waals surface area (Å²) in [5, 5.41) is 2.77. The number of hydrogen-bond acceptors (Lipinski definition) is 5. The summed E-state index contributed by atoms with van der Waals surface area (Å²) in [4.78, 5) is 14.7. The molecule has 1 N–H and O–H groups in total. The number of amides is 1. The molecule has 4 rings (SSSR count). The van der Waals surface area contributed by atoms with E-state index in [-0.39, 0.29) is 10.5 Å². The zero-order valence-electron chi connectivity index (χ0n) is 15.5. The number of carbonyl (C=O) groups excluding carboxylic acids is 1. The lowest BCUT2D eigenvalue weighted by Crippen LogP contribution is -2.35. The molecule has 0 aromatic heterocycles. The van der Waals surface area contributed by atoms with Crippen molar-refractivity contribution in [3.05, 3.63) is 48.0 Å². The SMILES string of the molecule is COc1cccc(NC(=O)c2ccc3c(c2)S(=O)(=O)N=C2CCCCCN23)c1. The van der Waals surface area contributed by atoms with Crippen molar-refractivity contribution in [2.45, 2.75) is 30.6 Å². The number of carbonyl (C=O) groups is 1. The molecule has 146 valence electrons. The van der Waals surface area contributed by atoms with E-state index in [1.165, 1.54) is 6.07 Å². The van der Waals surface area contributed by atoms with Crippen LogP contribution in [0.5, 0.6) is 5.75 Å². The first kappa shape index (κ1) is 18.5. The molecule has 7 nitrogen and oxygen atoms in total. The Kier molecular flexibility index (Phi) is 4.80. The van der Waals surface area contributed by atoms with Crippen molar-refractivity contribution >= 4 is 33.1 Å². The molecule has 2 aromatic carbocycles. The number of hydrogen-bond donors (Lipinski definition) is 1. The summed E-state index contributed by atoms with van der Waals surface area (Å²) in [6.45, 7) is 0.733. The predicted octanol–water partition coefficient (Wildman–Crippen LogP) is 3.43. The quantitative estimate of drug-likeness (QED) is 0.854. The molecule has 28 heavy (non-hydrogen) atoms. The summed E-state index contributed by atoms with van der Waals surface area (Å²) >= 11 is 0. The Labute approximate surface area is 164 Å². The van der Waals surface area contributed by atoms with Gasteiger partial charge >= 0.3 is 0 Å². The molecule has 2 heterocycles. The number of ether oxygens (including phenoxy) is 1. The third-order valence-corrected chi connectivity index (χ3v) is 6.27. The van der Waals surface area contributed by atoms with Crippen LogP contribution in [-0.2, 0) is 10.0 Å². The first-order valence-electron chi connectivity index (χ1n) is 9.19. The van der Waals surface area contributed by atoms with Crippen molar-refractivity contribution in [1.82, 2.24) is 0 Å². The molecule has 1 amide bonds. The van der Waals surface area contributed by atoms with Crippen LogP contribution in [0.1, 0.15) is 36.0 Å². The fourth-order valence-electron chi connectivity index (χ4n) is 3.53. The van der Waals surface area contributed by atoms with Crippen LogP contribution in [0.4, 0.5) is 11.4 Å². The molecule has 0 spiro atoms. The number of fused-ring (bicyclic) bond motifs is 3. The summed E-state index contributed by atoms with van der Waals surface area (Å²) in [6, 6.07) is 11.7. The van der Waals surface area contributed by atoms with Crippen molar-refractivity contribution < 1.29 is 17.9 Å². The van der Waals surface area contributed by atoms with Crippen LogP contribution in [-0.4, -0.2) is 33.8 Å². The third kappa shape index (κ3) is 3.47. The normalized spacial score (nSPS) is 17.6. The van der Waals surface area contributed by atoms with E-state index in [4.69, 9.17) is 4.74 Å². The van der Waals surface area contributed by atoms with Crippen molar-refractivity contribution in [3.63, 3.8) is 0 Å². The van der Waals surface area contributed by atoms with Gasteiger partial charge < -0.3 is 15.0 Å². The van der Waals surface area contributed by atoms with Crippen LogP contribution < -0.4 is 15.0 Å². The lowest BCUT2D eigenvalue weighted by molar-refractivity contribution is 0.102. The summed E-state index contributed by atoms with van der Waals surface area (Å²) in [7, 11) is -2.27. The molecule has 0 bridgehead atoms. The van der Waals surface area contributed by atoms with Gasteiger partial charge in [-0.3, -0.25) is 4.79 Å². The molecule has 2 aliphatic rings. The van der Waals surface area contributed by atoms with Gasteiger partial charge in [-0.1, -0.05) is 12.5 Å². The maximum absolute atomic E-state index is 12.7. The Hall–Kier alpha value is -2.87. The fourth-order valence-corrected chi connectivity index (χ4v) is 4.81. The highest BCUT2D eigenvalue weighted by Gasteiger charge is 2.32. The standard InChI is InChI=1S/C20H21N3O4S/c1-27-16-7-5-6-15(13-16)21-20(24)14-9-10-17-18(12-14)28(25,26)22-19-8-3-2-4-11-23(17)19/h5-7,9-10,12-13H,2-4,8,11H2,1H3,(H,21,24). The maximum Gasteiger partial charge on any atom is 0.286 e. The van der Waals surface area contributed by atoms with Gasteiger partial charge in [0.25, 0.3) is 15.9 Å². The highest BCUT2D eigenvalue weighted by Crippen LogP contribution is 2.35. The van der Waals surface area contributed by atoms with Crippen LogP contribution >= 0.6 is 0 Å². The summed E-state index contributed by atoms with van der Waals surface area (Å²) in [5.74, 6) is 0.823. The third-order valence-electron chi connectivity index (χ3n) is 4.94. The van der Waals surface area contributed by atoms with Crippen LogP contribution in [0.2, 0.25) is 0 Å². The van der Waals surface area contributed by atoms with Crippen molar-refractivity contribution in [2.24, 2.45) is 4.40 Å². The van der Waals surface area contributed by atoms with E-state index in [0.29, 0.717) is 29.4 Å². The lowest BCUT2D eigenvalue weighted by Gasteiger charge is -2.29. The van der Waals surface area contributed by atoms with Gasteiger partial charge in [0, 0.05) is 30.3 Å². The fraction of sp³-hybridized carbons (Fsp3) is 0.300. The molecule has 2 aromatic rings. The predicted molar refractivity (Wildman–Crippen MR) is 108 cm³/mol. The Bertz CT molecular complexity index is 1060. The first-order chi connectivity index (χ1) is 13.5. The van der Waals surface area contributed by atoms with E-state index < -0.39 is 15.9 Å². The van der Waals surface area contributed by atoms with Gasteiger partial charge in [-0.15, -0.1) is 4.40 Å². The van der Waals surface area contributed by atoms with Crippen molar-refractivity contribution in [2.75, 3.05) is 23.9 Å². The average molecular weight is 399 g/mol. The molecule has 0 atom stereocenters. The molecule has 1 saturated heterocycles. The molecule has 8 heteroatoms. The highest BCUT2D eigenvalue weighted by molar-refractivity contribution is 7.90. The van der Waals surface area contributed by atoms with E-state index in [9.17, 15) is 13.2 Å². The van der Waals surface area contributed by atoms with E-state index in [1.54, 1.807) is 43.5 Å². The Balaban J connectivity index is 1.66. The topological polar surface area (TPSA) is 88.1 Å². The average Bonchev–Trinajstić information content (AvgIpc) is 2.92. The molecule has 0 unspecified atom stereocenters. The van der Waals surface area contributed by atoms with Gasteiger partial charge in [-0.05, 0) is 43.2 Å². The zero-order valence-corrected chi connectivity index (χ0v) is 16.3. The number of sulfonamides is 1. The van der Waals surface area contributed by atoms with Crippen LogP contribution in [0.15, 0.2) is 51.8 Å². The Morgan fingerprint density at radius 1 is 1.14 bits per heavy atom. The van der Waals surface area contributed by atoms with Crippen molar-refractivity contribution in [1.29, 1.82) is 0 Å². The summed E-state index contributed by atoms with van der Waals surface area (Å²) in [5.41, 5.74) is 1.43. The van der Waals surface area contributed by atoms with Gasteiger partial charge in [0.15, 0.2) is 0 Å². The molecular weight excluding hydrogens is 378 g/mol. The number of nitrogens with zero attached hydrogens (tertiary/aromatic N) is 2. The molecular formula is C20H21N3O4S. The molecule has 2 aliphatic heterocycles. The first-order valence-corrected chi connectivity index (χ1v) is 10.6. The number of nitrogens with one attached hydrogen (secondary N) is 1. The number of anilines is 2. The Morgan fingerprint density at radius 2 is 2.00 bits per heavy atom. The monoisotopic (exact) mass is 399 g/mol. The van der Waals surface area contributed by atoms with Gasteiger partial charge in [0.05, 0.1) is 12.8 Å². The molecule has 0 aliphatic carbocycles. The van der Waals surface area contributed by atoms with E-state index >= 15 is 0 Å². The number of methoxy groups -OCH3 is 1. The highest BCUT2D eigenvalue weighted by atomic mass is 32.2. The van der Waals surface area contributed by atoms with E-state index in [1.807, 2.05) is 4.90 Å². The lowest BCUT2D eigenvalue weighted by atomic mass is 10.1. The van der Waals surface area contributed by atoms with Crippen LogP contribution in [0.3, 0.4) is 0 Å². The zero-order chi connectivity index (χ0) is 19.7.